The first kappa shape index (κ1) is 23.4. The second kappa shape index (κ2) is 9.24. The second-order valence-corrected chi connectivity index (χ2v) is 10.5. The molecule has 4 rings (SSSR count). The maximum Gasteiger partial charge on any atom is 0.410 e. The van der Waals surface area contributed by atoms with Crippen LogP contribution in [0.25, 0.3) is 11.3 Å². The van der Waals surface area contributed by atoms with Crippen molar-refractivity contribution in [1.82, 2.24) is 10.1 Å². The first-order valence-corrected chi connectivity index (χ1v) is 11.9. The monoisotopic (exact) mass is 480 g/mol. The molecule has 2 aromatic rings. The first-order valence-electron chi connectivity index (χ1n) is 11.2. The molecule has 2 aliphatic rings. The topological polar surface area (TPSA) is 64.8 Å². The molecule has 1 aromatic heterocycles. The number of carbonyl (C=O) groups is 1. The summed E-state index contributed by atoms with van der Waals surface area (Å²) >= 11 is 12.9. The van der Waals surface area contributed by atoms with Gasteiger partial charge in [0.05, 0.1) is 22.8 Å². The fraction of sp³-hybridized carbons (Fsp3) is 0.583. The van der Waals surface area contributed by atoms with Crippen molar-refractivity contribution < 1.29 is 18.8 Å². The minimum Gasteiger partial charge on any atom is -0.444 e. The second-order valence-electron chi connectivity index (χ2n) is 9.73. The van der Waals surface area contributed by atoms with E-state index in [1.807, 2.05) is 33.8 Å². The van der Waals surface area contributed by atoms with E-state index in [-0.39, 0.29) is 18.2 Å². The molecule has 32 heavy (non-hydrogen) atoms. The molecule has 8 heteroatoms. The molecular formula is C24H30Cl2N2O4. The Morgan fingerprint density at radius 2 is 1.91 bits per heavy atom. The van der Waals surface area contributed by atoms with Gasteiger partial charge in [0.2, 0.25) is 0 Å². The maximum atomic E-state index is 12.5. The van der Waals surface area contributed by atoms with Crippen LogP contribution in [0.15, 0.2) is 22.7 Å². The molecule has 0 spiro atoms. The fourth-order valence-corrected chi connectivity index (χ4v) is 4.70. The van der Waals surface area contributed by atoms with Crippen LogP contribution in [0.4, 0.5) is 4.79 Å². The zero-order valence-corrected chi connectivity index (χ0v) is 20.5. The van der Waals surface area contributed by atoms with Gasteiger partial charge in [0.1, 0.15) is 17.1 Å². The van der Waals surface area contributed by atoms with Gasteiger partial charge in [-0.05, 0) is 65.5 Å². The average Bonchev–Trinajstić information content (AvgIpc) is 3.46. The van der Waals surface area contributed by atoms with Crippen LogP contribution < -0.4 is 0 Å². The maximum absolute atomic E-state index is 12.5. The number of aromatic nitrogens is 1. The van der Waals surface area contributed by atoms with Crippen molar-refractivity contribution in [3.05, 3.63) is 39.6 Å². The lowest BCUT2D eigenvalue weighted by atomic mass is 10.0. The van der Waals surface area contributed by atoms with Crippen molar-refractivity contribution in [2.45, 2.75) is 83.6 Å². The van der Waals surface area contributed by atoms with E-state index in [0.717, 1.165) is 37.0 Å². The number of ether oxygens (including phenoxy) is 2. The van der Waals surface area contributed by atoms with Gasteiger partial charge in [-0.1, -0.05) is 34.4 Å². The molecule has 1 aliphatic heterocycles. The first-order chi connectivity index (χ1) is 15.1. The molecule has 1 saturated heterocycles. The highest BCUT2D eigenvalue weighted by molar-refractivity contribution is 6.39. The van der Waals surface area contributed by atoms with Gasteiger partial charge < -0.3 is 18.9 Å². The summed E-state index contributed by atoms with van der Waals surface area (Å²) in [6.07, 6.45) is 3.42. The van der Waals surface area contributed by atoms with E-state index >= 15 is 0 Å². The highest BCUT2D eigenvalue weighted by Crippen LogP contribution is 2.46. The Hall–Kier alpha value is -1.76. The number of benzene rings is 1. The van der Waals surface area contributed by atoms with Gasteiger partial charge in [0, 0.05) is 29.6 Å². The molecule has 1 aliphatic carbocycles. The van der Waals surface area contributed by atoms with E-state index in [1.54, 1.807) is 17.0 Å². The van der Waals surface area contributed by atoms with E-state index in [4.69, 9.17) is 37.2 Å². The van der Waals surface area contributed by atoms with Crippen molar-refractivity contribution in [2.24, 2.45) is 0 Å². The number of piperidine rings is 1. The lowest BCUT2D eigenvalue weighted by molar-refractivity contribution is -0.0331. The van der Waals surface area contributed by atoms with Gasteiger partial charge in [-0.3, -0.25) is 0 Å². The SMILES string of the molecule is C[C@H]1C[C@H](OCc2c(-c3c(Cl)cccc3Cl)noc2C2CC2)CCN1C(=O)OC(C)(C)C. The summed E-state index contributed by atoms with van der Waals surface area (Å²) in [6, 6.07) is 5.44. The Balaban J connectivity index is 1.46. The standard InChI is InChI=1S/C24H30Cl2N2O4/c1-14-12-16(10-11-28(14)23(29)31-24(2,3)4)30-13-17-21(27-32-22(17)15-8-9-15)20-18(25)6-5-7-19(20)26/h5-7,14-16H,8-13H2,1-4H3/t14-,16+/m0/s1. The lowest BCUT2D eigenvalue weighted by Gasteiger charge is -2.38. The predicted octanol–water partition coefficient (Wildman–Crippen LogP) is 6.83. The van der Waals surface area contributed by atoms with Crippen molar-refractivity contribution in [3.8, 4) is 11.3 Å². The third kappa shape index (κ3) is 5.24. The number of hydrogen-bond acceptors (Lipinski definition) is 5. The number of carbonyl (C=O) groups excluding carboxylic acids is 1. The van der Waals surface area contributed by atoms with Crippen molar-refractivity contribution >= 4 is 29.3 Å². The van der Waals surface area contributed by atoms with Crippen LogP contribution in [-0.4, -0.2) is 40.4 Å². The van der Waals surface area contributed by atoms with Crippen LogP contribution in [0, 0.1) is 0 Å². The Labute approximate surface area is 199 Å². The summed E-state index contributed by atoms with van der Waals surface area (Å²) in [6.45, 7) is 8.64. The average molecular weight is 481 g/mol. The molecule has 0 radical (unpaired) electrons. The normalized spacial score (nSPS) is 21.6. The smallest absolute Gasteiger partial charge is 0.410 e. The number of halogens is 2. The predicted molar refractivity (Wildman–Crippen MR) is 124 cm³/mol. The molecule has 174 valence electrons. The fourth-order valence-electron chi connectivity index (χ4n) is 4.12. The summed E-state index contributed by atoms with van der Waals surface area (Å²) in [4.78, 5) is 14.3. The van der Waals surface area contributed by atoms with E-state index in [1.165, 1.54) is 0 Å². The van der Waals surface area contributed by atoms with E-state index in [9.17, 15) is 4.79 Å². The van der Waals surface area contributed by atoms with Gasteiger partial charge in [-0.25, -0.2) is 4.79 Å². The van der Waals surface area contributed by atoms with E-state index in [2.05, 4.69) is 5.16 Å². The van der Waals surface area contributed by atoms with Crippen LogP contribution in [0.1, 0.15) is 70.6 Å². The molecule has 0 bridgehead atoms. The molecule has 2 heterocycles. The molecular weight excluding hydrogens is 451 g/mol. The van der Waals surface area contributed by atoms with Gasteiger partial charge in [-0.15, -0.1) is 0 Å². The largest absolute Gasteiger partial charge is 0.444 e. The summed E-state index contributed by atoms with van der Waals surface area (Å²) < 4.78 is 17.6. The van der Waals surface area contributed by atoms with Gasteiger partial charge >= 0.3 is 6.09 Å². The third-order valence-corrected chi connectivity index (χ3v) is 6.52. The number of likely N-dealkylation sites (tertiary alicyclic amines) is 1. The van der Waals surface area contributed by atoms with E-state index in [0.29, 0.717) is 40.4 Å². The summed E-state index contributed by atoms with van der Waals surface area (Å²) in [5, 5.41) is 5.40. The van der Waals surface area contributed by atoms with Gasteiger partial charge in [0.15, 0.2) is 0 Å². The van der Waals surface area contributed by atoms with Crippen molar-refractivity contribution in [1.29, 1.82) is 0 Å². The molecule has 6 nitrogen and oxygen atoms in total. The lowest BCUT2D eigenvalue weighted by Crippen LogP contribution is -2.48. The molecule has 1 saturated carbocycles. The molecule has 2 atom stereocenters. The van der Waals surface area contributed by atoms with Gasteiger partial charge in [0.25, 0.3) is 0 Å². The third-order valence-electron chi connectivity index (χ3n) is 5.89. The zero-order valence-electron chi connectivity index (χ0n) is 19.0. The van der Waals surface area contributed by atoms with Crippen LogP contribution in [0.3, 0.4) is 0 Å². The highest BCUT2D eigenvalue weighted by atomic mass is 35.5. The summed E-state index contributed by atoms with van der Waals surface area (Å²) in [7, 11) is 0. The zero-order chi connectivity index (χ0) is 23.0. The minimum atomic E-state index is -0.506. The minimum absolute atomic E-state index is 0.0280. The molecule has 1 amide bonds. The Bertz CT molecular complexity index is 961. The quantitative estimate of drug-likeness (QED) is 0.468. The number of nitrogens with zero attached hydrogens (tertiary/aromatic N) is 2. The van der Waals surface area contributed by atoms with Crippen LogP contribution in [0.2, 0.25) is 10.0 Å². The highest BCUT2D eigenvalue weighted by Gasteiger charge is 2.35. The molecule has 1 aromatic carbocycles. The van der Waals surface area contributed by atoms with Crippen molar-refractivity contribution in [2.75, 3.05) is 6.54 Å². The Morgan fingerprint density at radius 1 is 1.22 bits per heavy atom. The Morgan fingerprint density at radius 3 is 2.50 bits per heavy atom. The number of amides is 1. The molecule has 0 N–H and O–H groups in total. The van der Waals surface area contributed by atoms with Crippen LogP contribution in [0.5, 0.6) is 0 Å². The summed E-state index contributed by atoms with van der Waals surface area (Å²) in [5.41, 5.74) is 1.75. The number of rotatable bonds is 5. The van der Waals surface area contributed by atoms with E-state index < -0.39 is 5.60 Å². The van der Waals surface area contributed by atoms with Gasteiger partial charge in [-0.2, -0.15) is 0 Å². The summed E-state index contributed by atoms with van der Waals surface area (Å²) in [5.74, 6) is 1.25. The number of hydrogen-bond donors (Lipinski definition) is 0. The molecule has 0 unspecified atom stereocenters. The van der Waals surface area contributed by atoms with Crippen molar-refractivity contribution in [3.63, 3.8) is 0 Å². The van der Waals surface area contributed by atoms with Crippen LogP contribution in [-0.2, 0) is 16.1 Å². The van der Waals surface area contributed by atoms with Crippen LogP contribution >= 0.6 is 23.2 Å². The Kier molecular flexibility index (Phi) is 6.76. The molecule has 2 fully saturated rings.